The highest BCUT2D eigenvalue weighted by Crippen LogP contribution is 2.45. The summed E-state index contributed by atoms with van der Waals surface area (Å²) in [5.74, 6) is -3.76. The maximum Gasteiger partial charge on any atom is 0.399 e. The Kier molecular flexibility index (Phi) is 6.27. The van der Waals surface area contributed by atoms with Gasteiger partial charge in [0.25, 0.3) is 0 Å². The quantitative estimate of drug-likeness (QED) is 0.160. The summed E-state index contributed by atoms with van der Waals surface area (Å²) in [4.78, 5) is 11.3. The van der Waals surface area contributed by atoms with Crippen molar-refractivity contribution in [3.05, 3.63) is 24.0 Å². The van der Waals surface area contributed by atoms with Gasteiger partial charge in [0, 0.05) is 8.95 Å². The van der Waals surface area contributed by atoms with Gasteiger partial charge in [-0.25, -0.2) is 0 Å². The van der Waals surface area contributed by atoms with E-state index in [9.17, 15) is 36.2 Å². The van der Waals surface area contributed by atoms with E-state index in [1.165, 1.54) is 0 Å². The van der Waals surface area contributed by atoms with Gasteiger partial charge in [-0.15, -0.1) is 0 Å². The van der Waals surface area contributed by atoms with Crippen LogP contribution in [0.1, 0.15) is 0 Å². The molecule has 0 unspecified atom stereocenters. The summed E-state index contributed by atoms with van der Waals surface area (Å²) in [6.45, 7) is 0. The first-order chi connectivity index (χ1) is 10.1. The third kappa shape index (κ3) is 3.88. The van der Waals surface area contributed by atoms with Gasteiger partial charge in [0.05, 0.1) is 8.95 Å². The molecule has 0 atom stereocenters. The Morgan fingerprint density at radius 1 is 0.913 bits per heavy atom. The number of benzene rings is 1. The summed E-state index contributed by atoms with van der Waals surface area (Å²) in [5, 5.41) is 11.2. The van der Waals surface area contributed by atoms with Gasteiger partial charge in [-0.3, -0.25) is 4.79 Å². The number of carbonyl (C=O) groups excluding carboxylic acids is 1. The topological polar surface area (TPSA) is 49.4 Å². The molecule has 3 nitrogen and oxygen atoms in total. The molecule has 0 aliphatic rings. The van der Waals surface area contributed by atoms with Gasteiger partial charge >= 0.3 is 18.3 Å². The molecule has 0 aromatic heterocycles. The van der Waals surface area contributed by atoms with E-state index in [-0.39, 0.29) is 13.4 Å². The van der Waals surface area contributed by atoms with Crippen LogP contribution in [0.3, 0.4) is 0 Å². The van der Waals surface area contributed by atoms with Crippen molar-refractivity contribution in [1.82, 2.24) is 0 Å². The molecule has 0 amide bonds. The van der Waals surface area contributed by atoms with Gasteiger partial charge < -0.3 is 9.84 Å². The van der Waals surface area contributed by atoms with E-state index in [1.54, 1.807) is 0 Å². The van der Waals surface area contributed by atoms with Crippen molar-refractivity contribution >= 4 is 69.7 Å². The smallest absolute Gasteiger partial charge is 0.399 e. The predicted molar refractivity (Wildman–Crippen MR) is 77.7 cm³/mol. The Balaban J connectivity index is 3.36. The lowest BCUT2D eigenvalue weighted by Crippen LogP contribution is -2.72. The third-order valence-electron chi connectivity index (χ3n) is 2.36. The van der Waals surface area contributed by atoms with Crippen LogP contribution in [0.25, 0.3) is 0 Å². The van der Waals surface area contributed by atoms with Crippen molar-refractivity contribution in [1.29, 1.82) is 0 Å². The van der Waals surface area contributed by atoms with Crippen LogP contribution in [0.4, 0.5) is 26.3 Å². The minimum Gasteiger partial charge on any atom is -0.828 e. The second-order valence-electron chi connectivity index (χ2n) is 3.86. The maximum atomic E-state index is 12.5. The lowest BCUT2D eigenvalue weighted by atomic mass is 10.0. The molecule has 0 spiro atoms. The molecule has 13 heteroatoms. The first-order valence-corrected chi connectivity index (χ1v) is 8.21. The zero-order valence-corrected chi connectivity index (χ0v) is 16.4. The minimum atomic E-state index is -6.43. The Morgan fingerprint density at radius 3 is 1.74 bits per heavy atom. The molecule has 0 fully saturated rings. The molecule has 1 aromatic carbocycles. The molecule has 23 heavy (non-hydrogen) atoms. The molecule has 1 aromatic rings. The van der Waals surface area contributed by atoms with Crippen LogP contribution >= 0.6 is 63.7 Å². The van der Waals surface area contributed by atoms with Gasteiger partial charge in [-0.1, -0.05) is 0 Å². The summed E-state index contributed by atoms with van der Waals surface area (Å²) in [5.41, 5.74) is -5.91. The molecule has 0 heterocycles. The fraction of sp³-hybridized carbons (Fsp3) is 0.300. The highest BCUT2D eigenvalue weighted by Gasteiger charge is 2.68. The summed E-state index contributed by atoms with van der Waals surface area (Å²) in [6.07, 6.45) is -12.9. The van der Waals surface area contributed by atoms with E-state index in [2.05, 4.69) is 68.5 Å². The summed E-state index contributed by atoms with van der Waals surface area (Å²) >= 11 is 11.8. The zero-order valence-electron chi connectivity index (χ0n) is 10.1. The standard InChI is InChI=1S/C10HBr4F6O3/c11-2-1-3(5(13)6(14)4(2)12)23-7(21)8(22,9(15,16)17)10(18,19)20/h1H/q-1. The minimum absolute atomic E-state index is 0.130. The number of alkyl halides is 6. The summed E-state index contributed by atoms with van der Waals surface area (Å²) < 4.78 is 79.5. The van der Waals surface area contributed by atoms with Gasteiger partial charge in [-0.05, 0) is 69.8 Å². The first kappa shape index (κ1) is 21.2. The molecule has 130 valence electrons. The first-order valence-electron chi connectivity index (χ1n) is 5.03. The number of hydrogen-bond acceptors (Lipinski definition) is 3. The second kappa shape index (κ2) is 6.81. The highest BCUT2D eigenvalue weighted by molar-refractivity contribution is 9.15. The molecule has 0 aliphatic carbocycles. The largest absolute Gasteiger partial charge is 0.828 e. The van der Waals surface area contributed by atoms with E-state index in [4.69, 9.17) is 0 Å². The Hall–Kier alpha value is 0.150. The molecule has 0 aliphatic heterocycles. The van der Waals surface area contributed by atoms with Crippen LogP contribution in [0.5, 0.6) is 5.75 Å². The molecular weight excluding hydrogens is 602 g/mol. The second-order valence-corrected chi connectivity index (χ2v) is 7.10. The SMILES string of the molecule is O=C(Oc1cc(Br)c(Br)c(Br)c1Br)C([O-])(C(F)(F)F)C(F)(F)F. The normalized spacial score (nSPS) is 13.2. The van der Waals surface area contributed by atoms with Crippen molar-refractivity contribution < 1.29 is 41.0 Å². The van der Waals surface area contributed by atoms with Crippen molar-refractivity contribution in [2.75, 3.05) is 0 Å². The van der Waals surface area contributed by atoms with Crippen LogP contribution in [0, 0.1) is 0 Å². The van der Waals surface area contributed by atoms with Crippen molar-refractivity contribution in [3.8, 4) is 5.75 Å². The van der Waals surface area contributed by atoms with E-state index in [0.29, 0.717) is 4.47 Å². The van der Waals surface area contributed by atoms with Crippen LogP contribution in [-0.4, -0.2) is 23.9 Å². The highest BCUT2D eigenvalue weighted by atomic mass is 79.9. The lowest BCUT2D eigenvalue weighted by molar-refractivity contribution is -0.573. The fourth-order valence-corrected chi connectivity index (χ4v) is 3.24. The number of carbonyl (C=O) groups is 1. The van der Waals surface area contributed by atoms with Gasteiger partial charge in [0.2, 0.25) is 0 Å². The monoisotopic (exact) mass is 599 g/mol. The summed E-state index contributed by atoms with van der Waals surface area (Å²) in [6, 6.07) is 0.907. The Bertz CT molecular complexity index is 629. The van der Waals surface area contributed by atoms with Crippen molar-refractivity contribution in [2.24, 2.45) is 0 Å². The molecular formula is C10HBr4F6O3-. The number of halogens is 10. The predicted octanol–water partition coefficient (Wildman–Crippen LogP) is 4.87. The fourth-order valence-electron chi connectivity index (χ4n) is 1.19. The van der Waals surface area contributed by atoms with Crippen LogP contribution < -0.4 is 9.84 Å². The van der Waals surface area contributed by atoms with Crippen molar-refractivity contribution in [3.63, 3.8) is 0 Å². The molecule has 0 radical (unpaired) electrons. The van der Waals surface area contributed by atoms with Crippen LogP contribution in [0.2, 0.25) is 0 Å². The Morgan fingerprint density at radius 2 is 1.35 bits per heavy atom. The zero-order chi connectivity index (χ0) is 18.4. The third-order valence-corrected chi connectivity index (χ3v) is 6.98. The van der Waals surface area contributed by atoms with Gasteiger partial charge in [0.15, 0.2) is 5.60 Å². The average molecular weight is 603 g/mol. The Labute approximate surface area is 157 Å². The van der Waals surface area contributed by atoms with Gasteiger partial charge in [0.1, 0.15) is 5.75 Å². The van der Waals surface area contributed by atoms with Crippen LogP contribution in [-0.2, 0) is 4.79 Å². The van der Waals surface area contributed by atoms with E-state index >= 15 is 0 Å². The van der Waals surface area contributed by atoms with E-state index in [0.717, 1.165) is 6.07 Å². The molecule has 1 rings (SSSR count). The maximum absolute atomic E-state index is 12.5. The molecule has 0 saturated heterocycles. The average Bonchev–Trinajstić information content (AvgIpc) is 2.38. The molecule has 0 N–H and O–H groups in total. The van der Waals surface area contributed by atoms with Crippen LogP contribution in [0.15, 0.2) is 24.0 Å². The van der Waals surface area contributed by atoms with Gasteiger partial charge in [-0.2, -0.15) is 26.3 Å². The number of ether oxygens (including phenoxy) is 1. The summed E-state index contributed by atoms with van der Waals surface area (Å²) in [7, 11) is 0. The molecule has 0 saturated carbocycles. The van der Waals surface area contributed by atoms with E-state index in [1.807, 2.05) is 0 Å². The number of esters is 1. The lowest BCUT2D eigenvalue weighted by Gasteiger charge is -2.40. The molecule has 0 bridgehead atoms. The van der Waals surface area contributed by atoms with E-state index < -0.39 is 29.7 Å². The number of hydrogen-bond donors (Lipinski definition) is 0. The number of rotatable bonds is 2. The van der Waals surface area contributed by atoms with Crippen molar-refractivity contribution in [2.45, 2.75) is 18.0 Å².